The number of aliphatic hydroxyl groups excluding tert-OH is 1. The van der Waals surface area contributed by atoms with Gasteiger partial charge in [0.25, 0.3) is 0 Å². The number of carbonyl (C=O) groups excluding carboxylic acids is 1. The SMILES string of the molecule is CNCC(CC1CCCCC1)NC(=O)N1CCCC(C(O)(CCCC(C)O)c2cccc(Cl)c2)C1. The van der Waals surface area contributed by atoms with Crippen LogP contribution in [0.3, 0.4) is 0 Å². The summed E-state index contributed by atoms with van der Waals surface area (Å²) in [5.41, 5.74) is -0.293. The van der Waals surface area contributed by atoms with Crippen molar-refractivity contribution >= 4 is 17.6 Å². The lowest BCUT2D eigenvalue weighted by Gasteiger charge is -2.43. The monoisotopic (exact) mass is 507 g/mol. The maximum atomic E-state index is 13.3. The highest BCUT2D eigenvalue weighted by Crippen LogP contribution is 2.40. The molecule has 1 aliphatic carbocycles. The molecule has 1 aromatic carbocycles. The maximum Gasteiger partial charge on any atom is 0.317 e. The van der Waals surface area contributed by atoms with Gasteiger partial charge in [0, 0.05) is 36.6 Å². The first-order valence-electron chi connectivity index (χ1n) is 13.7. The molecular formula is C28H46ClN3O3. The first kappa shape index (κ1) is 28.2. The fourth-order valence-electron chi connectivity index (χ4n) is 6.09. The van der Waals surface area contributed by atoms with Crippen LogP contribution in [0.4, 0.5) is 4.79 Å². The third kappa shape index (κ3) is 8.34. The minimum atomic E-state index is -1.09. The highest BCUT2D eigenvalue weighted by molar-refractivity contribution is 6.30. The van der Waals surface area contributed by atoms with Crippen LogP contribution < -0.4 is 10.6 Å². The first-order valence-corrected chi connectivity index (χ1v) is 14.1. The minimum Gasteiger partial charge on any atom is -0.393 e. The second-order valence-electron chi connectivity index (χ2n) is 10.9. The Bertz CT molecular complexity index is 786. The molecule has 1 heterocycles. The summed E-state index contributed by atoms with van der Waals surface area (Å²) in [5.74, 6) is 0.605. The summed E-state index contributed by atoms with van der Waals surface area (Å²) in [6, 6.07) is 7.56. The highest BCUT2D eigenvalue weighted by atomic mass is 35.5. The Morgan fingerprint density at radius 1 is 1.23 bits per heavy atom. The van der Waals surface area contributed by atoms with E-state index in [2.05, 4.69) is 10.6 Å². The molecule has 1 aliphatic heterocycles. The van der Waals surface area contributed by atoms with Gasteiger partial charge in [-0.05, 0) is 76.1 Å². The molecule has 2 fully saturated rings. The molecule has 6 nitrogen and oxygen atoms in total. The van der Waals surface area contributed by atoms with Crippen molar-refractivity contribution in [1.82, 2.24) is 15.5 Å². The Kier molecular flexibility index (Phi) is 11.2. The van der Waals surface area contributed by atoms with E-state index in [0.29, 0.717) is 43.3 Å². The predicted molar refractivity (Wildman–Crippen MR) is 143 cm³/mol. The van der Waals surface area contributed by atoms with Gasteiger partial charge in [0.1, 0.15) is 0 Å². The van der Waals surface area contributed by atoms with E-state index in [4.69, 9.17) is 11.6 Å². The average Bonchev–Trinajstić information content (AvgIpc) is 2.84. The Hall–Kier alpha value is -1.34. The van der Waals surface area contributed by atoms with Crippen LogP contribution in [0.15, 0.2) is 24.3 Å². The number of hydrogen-bond acceptors (Lipinski definition) is 4. The van der Waals surface area contributed by atoms with Crippen LogP contribution in [-0.4, -0.2) is 60.0 Å². The zero-order valence-electron chi connectivity index (χ0n) is 21.6. The van der Waals surface area contributed by atoms with Crippen molar-refractivity contribution in [1.29, 1.82) is 0 Å². The molecule has 0 aromatic heterocycles. The highest BCUT2D eigenvalue weighted by Gasteiger charge is 2.41. The number of nitrogens with zero attached hydrogens (tertiary/aromatic N) is 1. The van der Waals surface area contributed by atoms with Crippen molar-refractivity contribution in [3.05, 3.63) is 34.9 Å². The van der Waals surface area contributed by atoms with Crippen LogP contribution >= 0.6 is 11.6 Å². The van der Waals surface area contributed by atoms with E-state index >= 15 is 0 Å². The van der Waals surface area contributed by atoms with Crippen molar-refractivity contribution in [2.45, 2.75) is 95.3 Å². The normalized spacial score (nSPS) is 22.9. The number of piperidine rings is 1. The quantitative estimate of drug-likeness (QED) is 0.337. The van der Waals surface area contributed by atoms with E-state index in [0.717, 1.165) is 31.4 Å². The molecule has 4 atom stereocenters. The van der Waals surface area contributed by atoms with Crippen LogP contribution in [0.5, 0.6) is 0 Å². The fraction of sp³-hybridized carbons (Fsp3) is 0.750. The molecule has 0 spiro atoms. The first-order chi connectivity index (χ1) is 16.8. The van der Waals surface area contributed by atoms with Crippen LogP contribution in [0, 0.1) is 11.8 Å². The van der Waals surface area contributed by atoms with Crippen LogP contribution in [0.2, 0.25) is 5.02 Å². The van der Waals surface area contributed by atoms with Gasteiger partial charge in [-0.1, -0.05) is 55.8 Å². The van der Waals surface area contributed by atoms with E-state index in [1.807, 2.05) is 36.2 Å². The lowest BCUT2D eigenvalue weighted by Crippen LogP contribution is -2.54. The summed E-state index contributed by atoms with van der Waals surface area (Å²) in [5, 5.41) is 28.9. The molecule has 3 rings (SSSR count). The van der Waals surface area contributed by atoms with Gasteiger partial charge in [0.2, 0.25) is 0 Å². The Labute approximate surface area is 216 Å². The second-order valence-corrected chi connectivity index (χ2v) is 11.3. The largest absolute Gasteiger partial charge is 0.393 e. The number of hydrogen-bond donors (Lipinski definition) is 4. The summed E-state index contributed by atoms with van der Waals surface area (Å²) >= 11 is 6.29. The summed E-state index contributed by atoms with van der Waals surface area (Å²) in [7, 11) is 1.94. The molecule has 7 heteroatoms. The Morgan fingerprint density at radius 3 is 2.69 bits per heavy atom. The molecule has 0 radical (unpaired) electrons. The molecule has 198 valence electrons. The van der Waals surface area contributed by atoms with Gasteiger partial charge in [0.05, 0.1) is 11.7 Å². The number of urea groups is 1. The molecule has 1 aromatic rings. The summed E-state index contributed by atoms with van der Waals surface area (Å²) in [6.07, 6.45) is 10.7. The molecule has 1 saturated heterocycles. The Balaban J connectivity index is 1.69. The van der Waals surface area contributed by atoms with Gasteiger partial charge in [-0.15, -0.1) is 0 Å². The van der Waals surface area contributed by atoms with Crippen LogP contribution in [0.25, 0.3) is 0 Å². The summed E-state index contributed by atoms with van der Waals surface area (Å²) in [4.78, 5) is 15.2. The minimum absolute atomic E-state index is 0.0248. The Morgan fingerprint density at radius 2 is 2.00 bits per heavy atom. The maximum absolute atomic E-state index is 13.3. The van der Waals surface area contributed by atoms with Crippen molar-refractivity contribution in [3.63, 3.8) is 0 Å². The molecule has 2 aliphatic rings. The number of carbonyl (C=O) groups is 1. The zero-order chi connectivity index (χ0) is 25.3. The number of halogens is 1. The van der Waals surface area contributed by atoms with E-state index in [-0.39, 0.29) is 18.0 Å². The number of likely N-dealkylation sites (N-methyl/N-ethyl adjacent to an activating group) is 1. The lowest BCUT2D eigenvalue weighted by molar-refractivity contribution is -0.0569. The standard InChI is InChI=1S/C28H46ClN3O3/c1-21(33)9-7-15-28(35,23-12-6-14-25(29)18-23)24-13-8-16-32(20-24)27(34)31-26(19-30-2)17-22-10-4-3-5-11-22/h6,12,14,18,21-22,24,26,30,33,35H,3-5,7-11,13,15-17,19-20H2,1-2H3,(H,31,34). The van der Waals surface area contributed by atoms with Gasteiger partial charge in [-0.2, -0.15) is 0 Å². The molecule has 35 heavy (non-hydrogen) atoms. The molecule has 4 N–H and O–H groups in total. The van der Waals surface area contributed by atoms with Crippen molar-refractivity contribution in [2.24, 2.45) is 11.8 Å². The van der Waals surface area contributed by atoms with Gasteiger partial charge in [-0.25, -0.2) is 4.79 Å². The van der Waals surface area contributed by atoms with Crippen molar-refractivity contribution in [2.75, 3.05) is 26.7 Å². The van der Waals surface area contributed by atoms with Gasteiger partial charge in [0.15, 0.2) is 0 Å². The molecule has 0 bridgehead atoms. The lowest BCUT2D eigenvalue weighted by atomic mass is 9.74. The third-order valence-electron chi connectivity index (χ3n) is 8.01. The summed E-state index contributed by atoms with van der Waals surface area (Å²) < 4.78 is 0. The molecule has 2 amide bonds. The number of rotatable bonds is 11. The van der Waals surface area contributed by atoms with E-state index in [1.54, 1.807) is 6.92 Å². The predicted octanol–water partition coefficient (Wildman–Crippen LogP) is 5.06. The van der Waals surface area contributed by atoms with E-state index in [1.165, 1.54) is 32.1 Å². The third-order valence-corrected chi connectivity index (χ3v) is 8.24. The number of likely N-dealkylation sites (tertiary alicyclic amines) is 1. The van der Waals surface area contributed by atoms with Crippen LogP contribution in [-0.2, 0) is 5.60 Å². The van der Waals surface area contributed by atoms with Crippen LogP contribution in [0.1, 0.15) is 83.1 Å². The molecular weight excluding hydrogens is 462 g/mol. The number of amides is 2. The van der Waals surface area contributed by atoms with Crippen molar-refractivity contribution in [3.8, 4) is 0 Å². The smallest absolute Gasteiger partial charge is 0.317 e. The van der Waals surface area contributed by atoms with Crippen molar-refractivity contribution < 1.29 is 15.0 Å². The number of aliphatic hydroxyl groups is 2. The van der Waals surface area contributed by atoms with Gasteiger partial charge < -0.3 is 25.7 Å². The molecule has 4 unspecified atom stereocenters. The van der Waals surface area contributed by atoms with E-state index < -0.39 is 11.7 Å². The second kappa shape index (κ2) is 13.8. The topological polar surface area (TPSA) is 84.8 Å². The number of nitrogens with one attached hydrogen (secondary N) is 2. The van der Waals surface area contributed by atoms with E-state index in [9.17, 15) is 15.0 Å². The van der Waals surface area contributed by atoms with Gasteiger partial charge >= 0.3 is 6.03 Å². The average molecular weight is 508 g/mol. The van der Waals surface area contributed by atoms with Gasteiger partial charge in [-0.3, -0.25) is 0 Å². The fourth-order valence-corrected chi connectivity index (χ4v) is 6.28. The molecule has 1 saturated carbocycles. The summed E-state index contributed by atoms with van der Waals surface area (Å²) in [6.45, 7) is 3.77. The number of benzene rings is 1. The zero-order valence-corrected chi connectivity index (χ0v) is 22.4.